The number of thiazole rings is 1. The van der Waals surface area contributed by atoms with E-state index in [2.05, 4.69) is 10.3 Å². The van der Waals surface area contributed by atoms with Crippen LogP contribution in [0.1, 0.15) is 5.01 Å². The van der Waals surface area contributed by atoms with E-state index in [0.29, 0.717) is 18.1 Å². The number of rotatable bonds is 4. The van der Waals surface area contributed by atoms with E-state index in [0.717, 1.165) is 28.7 Å². The highest BCUT2D eigenvalue weighted by molar-refractivity contribution is 7.91. The number of aryl methyl sites for hydroxylation is 1. The van der Waals surface area contributed by atoms with Gasteiger partial charge in [0, 0.05) is 33.2 Å². The van der Waals surface area contributed by atoms with Gasteiger partial charge in [-0.2, -0.15) is 4.31 Å². The number of hydrogen-bond donors (Lipinski definition) is 1. The SMILES string of the molecule is Cc1ncc(S(=O)(=O)N(C)CC(=O)N2CCNCC2)s1.Cl. The van der Waals surface area contributed by atoms with Gasteiger partial charge in [-0.25, -0.2) is 13.4 Å². The molecule has 21 heavy (non-hydrogen) atoms. The predicted octanol–water partition coefficient (Wildman–Crippen LogP) is -0.0744. The number of carbonyl (C=O) groups is 1. The fraction of sp³-hybridized carbons (Fsp3) is 0.636. The molecule has 1 aliphatic rings. The summed E-state index contributed by atoms with van der Waals surface area (Å²) in [6.07, 6.45) is 1.33. The van der Waals surface area contributed by atoms with Crippen molar-refractivity contribution in [3.8, 4) is 0 Å². The Hall–Kier alpha value is -0.740. The summed E-state index contributed by atoms with van der Waals surface area (Å²) in [4.78, 5) is 17.7. The average molecular weight is 355 g/mol. The van der Waals surface area contributed by atoms with Gasteiger partial charge in [0.25, 0.3) is 10.0 Å². The summed E-state index contributed by atoms with van der Waals surface area (Å²) in [5, 5.41) is 3.83. The van der Waals surface area contributed by atoms with E-state index in [4.69, 9.17) is 0 Å². The van der Waals surface area contributed by atoms with Gasteiger partial charge in [0.05, 0.1) is 17.7 Å². The summed E-state index contributed by atoms with van der Waals surface area (Å²) in [6.45, 7) is 4.33. The summed E-state index contributed by atoms with van der Waals surface area (Å²) in [6, 6.07) is 0. The molecule has 0 atom stereocenters. The quantitative estimate of drug-likeness (QED) is 0.818. The summed E-state index contributed by atoms with van der Waals surface area (Å²) in [7, 11) is -2.20. The van der Waals surface area contributed by atoms with Crippen molar-refractivity contribution in [2.45, 2.75) is 11.1 Å². The first-order valence-corrected chi connectivity index (χ1v) is 8.54. The average Bonchev–Trinajstić information content (AvgIpc) is 2.87. The molecule has 0 bridgehead atoms. The lowest BCUT2D eigenvalue weighted by Gasteiger charge is -2.28. The van der Waals surface area contributed by atoms with Crippen LogP contribution in [0.25, 0.3) is 0 Å². The molecule has 1 saturated heterocycles. The number of aromatic nitrogens is 1. The second-order valence-corrected chi connectivity index (χ2v) is 8.10. The van der Waals surface area contributed by atoms with Gasteiger partial charge in [0.15, 0.2) is 4.21 Å². The topological polar surface area (TPSA) is 82.6 Å². The van der Waals surface area contributed by atoms with E-state index < -0.39 is 10.0 Å². The minimum atomic E-state index is -3.63. The van der Waals surface area contributed by atoms with Crippen LogP contribution in [-0.2, 0) is 14.8 Å². The molecule has 1 fully saturated rings. The number of likely N-dealkylation sites (N-methyl/N-ethyl adjacent to an activating group) is 1. The van der Waals surface area contributed by atoms with Crippen LogP contribution in [0.4, 0.5) is 0 Å². The lowest BCUT2D eigenvalue weighted by atomic mass is 10.3. The maximum Gasteiger partial charge on any atom is 0.254 e. The van der Waals surface area contributed by atoms with E-state index in [-0.39, 0.29) is 29.1 Å². The molecular formula is C11H19ClN4O3S2. The molecule has 120 valence electrons. The van der Waals surface area contributed by atoms with E-state index in [1.165, 1.54) is 13.2 Å². The van der Waals surface area contributed by atoms with Crippen LogP contribution in [0.2, 0.25) is 0 Å². The number of piperazine rings is 1. The second kappa shape index (κ2) is 7.50. The zero-order valence-electron chi connectivity index (χ0n) is 11.9. The largest absolute Gasteiger partial charge is 0.339 e. The molecule has 1 aliphatic heterocycles. The minimum Gasteiger partial charge on any atom is -0.339 e. The molecule has 2 heterocycles. The molecule has 10 heteroatoms. The van der Waals surface area contributed by atoms with E-state index in [1.54, 1.807) is 11.8 Å². The van der Waals surface area contributed by atoms with Gasteiger partial charge < -0.3 is 10.2 Å². The number of nitrogens with zero attached hydrogens (tertiary/aromatic N) is 3. The maximum atomic E-state index is 12.3. The zero-order valence-corrected chi connectivity index (χ0v) is 14.4. The number of sulfonamides is 1. The highest BCUT2D eigenvalue weighted by Gasteiger charge is 2.27. The van der Waals surface area contributed by atoms with E-state index >= 15 is 0 Å². The third-order valence-electron chi connectivity index (χ3n) is 3.09. The van der Waals surface area contributed by atoms with Crippen molar-refractivity contribution in [2.75, 3.05) is 39.8 Å². The Labute approximate surface area is 134 Å². The normalized spacial score (nSPS) is 15.9. The van der Waals surface area contributed by atoms with Crippen LogP contribution in [0.15, 0.2) is 10.4 Å². The van der Waals surface area contributed by atoms with Gasteiger partial charge in [-0.15, -0.1) is 23.7 Å². The molecule has 1 N–H and O–H groups in total. The molecule has 0 aromatic carbocycles. The van der Waals surface area contributed by atoms with Crippen molar-refractivity contribution in [1.29, 1.82) is 0 Å². The van der Waals surface area contributed by atoms with Crippen LogP contribution in [0.5, 0.6) is 0 Å². The molecule has 1 aromatic rings. The maximum absolute atomic E-state index is 12.3. The summed E-state index contributed by atoms with van der Waals surface area (Å²) < 4.78 is 25.8. The van der Waals surface area contributed by atoms with Crippen LogP contribution in [0, 0.1) is 6.92 Å². The van der Waals surface area contributed by atoms with Crippen molar-refractivity contribution < 1.29 is 13.2 Å². The predicted molar refractivity (Wildman–Crippen MR) is 83.4 cm³/mol. The van der Waals surface area contributed by atoms with Crippen molar-refractivity contribution >= 4 is 39.7 Å². The first-order chi connectivity index (χ1) is 9.41. The Morgan fingerprint density at radius 3 is 2.62 bits per heavy atom. The number of carbonyl (C=O) groups excluding carboxylic acids is 1. The Morgan fingerprint density at radius 2 is 2.10 bits per heavy atom. The van der Waals surface area contributed by atoms with Crippen LogP contribution in [0.3, 0.4) is 0 Å². The molecule has 7 nitrogen and oxygen atoms in total. The van der Waals surface area contributed by atoms with Gasteiger partial charge in [0.2, 0.25) is 5.91 Å². The zero-order chi connectivity index (χ0) is 14.8. The van der Waals surface area contributed by atoms with Gasteiger partial charge in [-0.1, -0.05) is 0 Å². The lowest BCUT2D eigenvalue weighted by molar-refractivity contribution is -0.131. The molecule has 0 unspecified atom stereocenters. The van der Waals surface area contributed by atoms with Gasteiger partial charge in [-0.3, -0.25) is 4.79 Å². The van der Waals surface area contributed by atoms with Crippen LogP contribution in [-0.4, -0.2) is 68.3 Å². The van der Waals surface area contributed by atoms with Gasteiger partial charge in [0.1, 0.15) is 0 Å². The first-order valence-electron chi connectivity index (χ1n) is 6.28. The minimum absolute atomic E-state index is 0. The third kappa shape index (κ3) is 4.36. The van der Waals surface area contributed by atoms with Gasteiger partial charge >= 0.3 is 0 Å². The van der Waals surface area contributed by atoms with E-state index in [1.807, 2.05) is 0 Å². The summed E-state index contributed by atoms with van der Waals surface area (Å²) >= 11 is 1.11. The third-order valence-corrected chi connectivity index (χ3v) is 6.25. The lowest BCUT2D eigenvalue weighted by Crippen LogP contribution is -2.49. The standard InChI is InChI=1S/C11H18N4O3S2.ClH/c1-9-13-7-11(19-9)20(17,18)14(2)8-10(16)15-5-3-12-4-6-15;/h7,12H,3-6,8H2,1-2H3;1H. The summed E-state index contributed by atoms with van der Waals surface area (Å²) in [5.41, 5.74) is 0. The molecule has 0 spiro atoms. The Kier molecular flexibility index (Phi) is 6.54. The number of nitrogens with one attached hydrogen (secondary N) is 1. The van der Waals surface area contributed by atoms with Crippen molar-refractivity contribution in [2.24, 2.45) is 0 Å². The molecule has 1 amide bonds. The number of halogens is 1. The molecular weight excluding hydrogens is 336 g/mol. The molecule has 0 radical (unpaired) electrons. The van der Waals surface area contributed by atoms with Crippen molar-refractivity contribution in [3.63, 3.8) is 0 Å². The number of amides is 1. The van der Waals surface area contributed by atoms with Crippen LogP contribution < -0.4 is 5.32 Å². The summed E-state index contributed by atoms with van der Waals surface area (Å²) in [5.74, 6) is -0.168. The molecule has 2 rings (SSSR count). The monoisotopic (exact) mass is 354 g/mol. The van der Waals surface area contributed by atoms with E-state index in [9.17, 15) is 13.2 Å². The fourth-order valence-corrected chi connectivity index (χ4v) is 4.34. The van der Waals surface area contributed by atoms with Crippen molar-refractivity contribution in [1.82, 2.24) is 19.5 Å². The Morgan fingerprint density at radius 1 is 1.48 bits per heavy atom. The molecule has 0 aliphatic carbocycles. The molecule has 0 saturated carbocycles. The smallest absolute Gasteiger partial charge is 0.254 e. The van der Waals surface area contributed by atoms with Crippen molar-refractivity contribution in [3.05, 3.63) is 11.2 Å². The molecule has 1 aromatic heterocycles. The van der Waals surface area contributed by atoms with Crippen LogP contribution >= 0.6 is 23.7 Å². The highest BCUT2D eigenvalue weighted by atomic mass is 35.5. The fourth-order valence-electron chi connectivity index (χ4n) is 1.90. The second-order valence-electron chi connectivity index (χ2n) is 4.59. The van der Waals surface area contributed by atoms with Gasteiger partial charge in [-0.05, 0) is 6.92 Å². The Bertz CT molecular complexity index is 584. The number of hydrogen-bond acceptors (Lipinski definition) is 6. The highest BCUT2D eigenvalue weighted by Crippen LogP contribution is 2.21. The Balaban J connectivity index is 0.00000220. The first kappa shape index (κ1) is 18.3.